The van der Waals surface area contributed by atoms with Crippen molar-refractivity contribution in [3.63, 3.8) is 0 Å². The molecule has 172 valence electrons. The second kappa shape index (κ2) is 8.28. The summed E-state index contributed by atoms with van der Waals surface area (Å²) in [6.07, 6.45) is 6.63. The molecule has 35 heavy (non-hydrogen) atoms. The van der Waals surface area contributed by atoms with Crippen molar-refractivity contribution >= 4 is 27.6 Å². The van der Waals surface area contributed by atoms with Gasteiger partial charge in [-0.1, -0.05) is 18.2 Å². The van der Waals surface area contributed by atoms with Crippen molar-refractivity contribution in [2.75, 3.05) is 5.32 Å². The van der Waals surface area contributed by atoms with Gasteiger partial charge in [0.2, 0.25) is 0 Å². The number of pyridine rings is 3. The molecule has 0 fully saturated rings. The summed E-state index contributed by atoms with van der Waals surface area (Å²) in [7, 11) is 0. The van der Waals surface area contributed by atoms with Gasteiger partial charge in [-0.2, -0.15) is 5.10 Å². The zero-order chi connectivity index (χ0) is 23.9. The summed E-state index contributed by atoms with van der Waals surface area (Å²) in [5.41, 5.74) is 5.68. The molecule has 1 aromatic carbocycles. The highest BCUT2D eigenvalue weighted by atomic mass is 19.1. The standard InChI is InChI=1S/C26H21FN8/c1-14(2)31-16-10-15(11-28-12-16)23-22(27)21-20(13-30-23)34-35-25(21)26-32-19-8-5-6-17(24(19)33-26)18-7-3-4-9-29-18/h3-14,31H,1-2H3,(H,32,33)(H,34,35). The smallest absolute Gasteiger partial charge is 0.161 e. The van der Waals surface area contributed by atoms with Gasteiger partial charge in [0.25, 0.3) is 0 Å². The Bertz CT molecular complexity index is 1670. The molecule has 0 atom stereocenters. The van der Waals surface area contributed by atoms with Gasteiger partial charge in [-0.05, 0) is 38.1 Å². The van der Waals surface area contributed by atoms with E-state index in [0.717, 1.165) is 28.0 Å². The van der Waals surface area contributed by atoms with E-state index < -0.39 is 5.82 Å². The summed E-state index contributed by atoms with van der Waals surface area (Å²) in [4.78, 5) is 21.1. The van der Waals surface area contributed by atoms with Crippen LogP contribution in [0.3, 0.4) is 0 Å². The minimum Gasteiger partial charge on any atom is -0.382 e. The highest BCUT2D eigenvalue weighted by Gasteiger charge is 2.21. The number of nitrogens with one attached hydrogen (secondary N) is 3. The van der Waals surface area contributed by atoms with E-state index in [9.17, 15) is 0 Å². The lowest BCUT2D eigenvalue weighted by molar-refractivity contribution is 0.638. The summed E-state index contributed by atoms with van der Waals surface area (Å²) >= 11 is 0. The lowest BCUT2D eigenvalue weighted by Gasteiger charge is -2.11. The maximum Gasteiger partial charge on any atom is 0.161 e. The molecule has 0 saturated heterocycles. The summed E-state index contributed by atoms with van der Waals surface area (Å²) in [6, 6.07) is 13.6. The number of halogens is 1. The Morgan fingerprint density at radius 2 is 1.86 bits per heavy atom. The first kappa shape index (κ1) is 20.9. The van der Waals surface area contributed by atoms with Crippen LogP contribution in [0, 0.1) is 5.82 Å². The van der Waals surface area contributed by atoms with Gasteiger partial charge in [-0.3, -0.25) is 20.1 Å². The number of nitrogens with zero attached hydrogens (tertiary/aromatic N) is 5. The van der Waals surface area contributed by atoms with E-state index in [1.807, 2.05) is 56.3 Å². The molecular formula is C26H21FN8. The number of hydrogen-bond acceptors (Lipinski definition) is 6. The maximum absolute atomic E-state index is 15.9. The normalized spacial score (nSPS) is 11.5. The van der Waals surface area contributed by atoms with Crippen LogP contribution in [0.25, 0.3) is 56.0 Å². The van der Waals surface area contributed by atoms with Gasteiger partial charge < -0.3 is 10.3 Å². The molecule has 0 spiro atoms. The SMILES string of the molecule is CC(C)Nc1cncc(-c2ncc3[nH]nc(-c4nc5c(-c6ccccn6)cccc5[nH]4)c3c2F)c1. The van der Waals surface area contributed by atoms with Crippen LogP contribution in [0.2, 0.25) is 0 Å². The van der Waals surface area contributed by atoms with Gasteiger partial charge in [0, 0.05) is 35.8 Å². The monoisotopic (exact) mass is 464 g/mol. The first-order chi connectivity index (χ1) is 17.1. The third-order valence-corrected chi connectivity index (χ3v) is 5.69. The fraction of sp³-hybridized carbons (Fsp3) is 0.115. The van der Waals surface area contributed by atoms with Crippen molar-refractivity contribution in [3.05, 3.63) is 73.1 Å². The Balaban J connectivity index is 1.49. The zero-order valence-electron chi connectivity index (χ0n) is 19.0. The number of rotatable bonds is 5. The molecule has 0 aliphatic heterocycles. The Labute approximate surface area is 199 Å². The lowest BCUT2D eigenvalue weighted by atomic mass is 10.1. The molecule has 0 aliphatic rings. The molecule has 0 aliphatic carbocycles. The number of hydrogen-bond donors (Lipinski definition) is 3. The fourth-order valence-electron chi connectivity index (χ4n) is 4.20. The molecule has 6 rings (SSSR count). The number of benzene rings is 1. The van der Waals surface area contributed by atoms with Crippen molar-refractivity contribution in [3.8, 4) is 34.0 Å². The van der Waals surface area contributed by atoms with Gasteiger partial charge >= 0.3 is 0 Å². The van der Waals surface area contributed by atoms with Crippen molar-refractivity contribution < 1.29 is 4.39 Å². The molecule has 5 heterocycles. The number of para-hydroxylation sites is 1. The first-order valence-corrected chi connectivity index (χ1v) is 11.2. The minimum atomic E-state index is -0.486. The van der Waals surface area contributed by atoms with Crippen LogP contribution in [0.5, 0.6) is 0 Å². The predicted molar refractivity (Wildman–Crippen MR) is 134 cm³/mol. The van der Waals surface area contributed by atoms with Crippen LogP contribution in [-0.4, -0.2) is 41.2 Å². The molecule has 0 unspecified atom stereocenters. The van der Waals surface area contributed by atoms with Gasteiger partial charge in [-0.25, -0.2) is 9.37 Å². The maximum atomic E-state index is 15.9. The highest BCUT2D eigenvalue weighted by Crippen LogP contribution is 2.34. The van der Waals surface area contributed by atoms with Gasteiger partial charge in [0.1, 0.15) is 11.4 Å². The average Bonchev–Trinajstić information content (AvgIpc) is 3.49. The van der Waals surface area contributed by atoms with Crippen LogP contribution < -0.4 is 5.32 Å². The second-order valence-corrected chi connectivity index (χ2v) is 8.55. The van der Waals surface area contributed by atoms with Gasteiger partial charge in [0.05, 0.1) is 39.5 Å². The Kier molecular flexibility index (Phi) is 4.95. The van der Waals surface area contributed by atoms with Crippen LogP contribution >= 0.6 is 0 Å². The molecule has 0 bridgehead atoms. The summed E-state index contributed by atoms with van der Waals surface area (Å²) < 4.78 is 15.9. The molecule has 0 amide bonds. The largest absolute Gasteiger partial charge is 0.382 e. The molecule has 9 heteroatoms. The van der Waals surface area contributed by atoms with E-state index in [1.54, 1.807) is 24.8 Å². The average molecular weight is 465 g/mol. The highest BCUT2D eigenvalue weighted by molar-refractivity contribution is 5.97. The lowest BCUT2D eigenvalue weighted by Crippen LogP contribution is -2.09. The number of anilines is 1. The van der Waals surface area contributed by atoms with E-state index >= 15 is 4.39 Å². The summed E-state index contributed by atoms with van der Waals surface area (Å²) in [5.74, 6) is -0.0285. The second-order valence-electron chi connectivity index (χ2n) is 8.55. The van der Waals surface area contributed by atoms with Gasteiger partial charge in [-0.15, -0.1) is 0 Å². The van der Waals surface area contributed by atoms with E-state index in [2.05, 4.69) is 35.5 Å². The molecule has 6 aromatic rings. The van der Waals surface area contributed by atoms with Crippen LogP contribution in [0.4, 0.5) is 10.1 Å². The van der Waals surface area contributed by atoms with E-state index in [4.69, 9.17) is 4.98 Å². The Hall–Kier alpha value is -4.66. The van der Waals surface area contributed by atoms with Crippen LogP contribution in [0.1, 0.15) is 13.8 Å². The Morgan fingerprint density at radius 1 is 0.943 bits per heavy atom. The Morgan fingerprint density at radius 3 is 2.69 bits per heavy atom. The number of aromatic amines is 2. The van der Waals surface area contributed by atoms with Crippen LogP contribution in [-0.2, 0) is 0 Å². The van der Waals surface area contributed by atoms with Crippen molar-refractivity contribution in [2.45, 2.75) is 19.9 Å². The van der Waals surface area contributed by atoms with E-state index in [1.165, 1.54) is 0 Å². The number of aromatic nitrogens is 7. The van der Waals surface area contributed by atoms with E-state index in [0.29, 0.717) is 28.0 Å². The fourth-order valence-corrected chi connectivity index (χ4v) is 4.20. The number of imidazole rings is 1. The van der Waals surface area contributed by atoms with Crippen molar-refractivity contribution in [2.24, 2.45) is 0 Å². The van der Waals surface area contributed by atoms with Crippen LogP contribution in [0.15, 0.2) is 67.3 Å². The summed E-state index contributed by atoms with van der Waals surface area (Å²) in [6.45, 7) is 4.06. The quantitative estimate of drug-likeness (QED) is 0.307. The molecular weight excluding hydrogens is 443 g/mol. The third kappa shape index (κ3) is 3.67. The first-order valence-electron chi connectivity index (χ1n) is 11.2. The molecule has 3 N–H and O–H groups in total. The number of H-pyrrole nitrogens is 2. The van der Waals surface area contributed by atoms with Crippen molar-refractivity contribution in [1.82, 2.24) is 35.1 Å². The minimum absolute atomic E-state index is 0.199. The third-order valence-electron chi connectivity index (χ3n) is 5.69. The molecule has 0 radical (unpaired) electrons. The molecule has 8 nitrogen and oxygen atoms in total. The van der Waals surface area contributed by atoms with Crippen molar-refractivity contribution in [1.29, 1.82) is 0 Å². The topological polar surface area (TPSA) is 108 Å². The van der Waals surface area contributed by atoms with Gasteiger partial charge in [0.15, 0.2) is 11.6 Å². The van der Waals surface area contributed by atoms with E-state index in [-0.39, 0.29) is 11.7 Å². The molecule has 0 saturated carbocycles. The number of fused-ring (bicyclic) bond motifs is 2. The zero-order valence-corrected chi connectivity index (χ0v) is 19.0. The predicted octanol–water partition coefficient (Wildman–Crippen LogP) is 5.58. The molecule has 5 aromatic heterocycles. The summed E-state index contributed by atoms with van der Waals surface area (Å²) in [5, 5.41) is 10.9.